The van der Waals surface area contributed by atoms with Gasteiger partial charge in [-0.3, -0.25) is 0 Å². The zero-order valence-corrected chi connectivity index (χ0v) is 8.37. The highest BCUT2D eigenvalue weighted by Gasteiger charge is 2.27. The Labute approximate surface area is 80.8 Å². The van der Waals surface area contributed by atoms with Crippen LogP contribution in [0.15, 0.2) is 0 Å². The highest BCUT2D eigenvalue weighted by atomic mass is 16.5. The van der Waals surface area contributed by atoms with Gasteiger partial charge in [-0.25, -0.2) is 0 Å². The monoisotopic (exact) mass is 183 g/mol. The van der Waals surface area contributed by atoms with Crippen molar-refractivity contribution < 1.29 is 4.74 Å². The Morgan fingerprint density at radius 3 is 1.92 bits per heavy atom. The fourth-order valence-corrected chi connectivity index (χ4v) is 2.80. The van der Waals surface area contributed by atoms with Crippen molar-refractivity contribution in [1.82, 2.24) is 0 Å². The summed E-state index contributed by atoms with van der Waals surface area (Å²) in [6.45, 7) is 1.99. The minimum atomic E-state index is 0.496. The summed E-state index contributed by atoms with van der Waals surface area (Å²) in [7, 11) is 0. The Kier molecular flexibility index (Phi) is 3.23. The SMILES string of the molecule is N[C@H]1CC[C@@H](C2CCOCC2)CC1. The van der Waals surface area contributed by atoms with Gasteiger partial charge in [0, 0.05) is 19.3 Å². The summed E-state index contributed by atoms with van der Waals surface area (Å²) in [4.78, 5) is 0. The minimum Gasteiger partial charge on any atom is -0.381 e. The molecule has 1 aliphatic heterocycles. The van der Waals surface area contributed by atoms with E-state index in [-0.39, 0.29) is 0 Å². The predicted octanol–water partition coefficient (Wildman–Crippen LogP) is 1.93. The molecule has 1 heterocycles. The minimum absolute atomic E-state index is 0.496. The molecular weight excluding hydrogens is 162 g/mol. The van der Waals surface area contributed by atoms with Crippen molar-refractivity contribution in [2.24, 2.45) is 17.6 Å². The van der Waals surface area contributed by atoms with E-state index >= 15 is 0 Å². The Balaban J connectivity index is 1.79. The van der Waals surface area contributed by atoms with Crippen LogP contribution >= 0.6 is 0 Å². The molecule has 2 rings (SSSR count). The lowest BCUT2D eigenvalue weighted by Gasteiger charge is -2.34. The molecule has 1 saturated heterocycles. The van der Waals surface area contributed by atoms with Crippen molar-refractivity contribution in [3.63, 3.8) is 0 Å². The number of nitrogens with two attached hydrogens (primary N) is 1. The highest BCUT2D eigenvalue weighted by molar-refractivity contribution is 4.80. The van der Waals surface area contributed by atoms with Gasteiger partial charge in [0.2, 0.25) is 0 Å². The molecule has 1 saturated carbocycles. The van der Waals surface area contributed by atoms with E-state index in [1.807, 2.05) is 0 Å². The summed E-state index contributed by atoms with van der Waals surface area (Å²) >= 11 is 0. The van der Waals surface area contributed by atoms with Crippen LogP contribution in [0.3, 0.4) is 0 Å². The second-order valence-corrected chi connectivity index (χ2v) is 4.62. The van der Waals surface area contributed by atoms with Crippen LogP contribution in [0.4, 0.5) is 0 Å². The zero-order valence-electron chi connectivity index (χ0n) is 8.37. The van der Waals surface area contributed by atoms with Gasteiger partial charge in [0.15, 0.2) is 0 Å². The topological polar surface area (TPSA) is 35.2 Å². The maximum absolute atomic E-state index is 5.90. The van der Waals surface area contributed by atoms with Gasteiger partial charge < -0.3 is 10.5 Å². The van der Waals surface area contributed by atoms with Gasteiger partial charge >= 0.3 is 0 Å². The molecule has 2 fully saturated rings. The third-order valence-corrected chi connectivity index (χ3v) is 3.75. The van der Waals surface area contributed by atoms with E-state index < -0.39 is 0 Å². The molecule has 0 amide bonds. The first-order chi connectivity index (χ1) is 6.36. The largest absolute Gasteiger partial charge is 0.381 e. The molecule has 2 nitrogen and oxygen atoms in total. The van der Waals surface area contributed by atoms with Crippen molar-refractivity contribution in [2.45, 2.75) is 44.6 Å². The van der Waals surface area contributed by atoms with Crippen LogP contribution in [-0.2, 0) is 4.74 Å². The Morgan fingerprint density at radius 1 is 0.769 bits per heavy atom. The van der Waals surface area contributed by atoms with Crippen molar-refractivity contribution in [3.8, 4) is 0 Å². The highest BCUT2D eigenvalue weighted by Crippen LogP contribution is 2.34. The lowest BCUT2D eigenvalue weighted by Crippen LogP contribution is -2.31. The van der Waals surface area contributed by atoms with Gasteiger partial charge in [0.1, 0.15) is 0 Å². The van der Waals surface area contributed by atoms with Crippen LogP contribution in [-0.4, -0.2) is 19.3 Å². The van der Waals surface area contributed by atoms with Crippen LogP contribution in [0, 0.1) is 11.8 Å². The average Bonchev–Trinajstić information content (AvgIpc) is 2.20. The summed E-state index contributed by atoms with van der Waals surface area (Å²) in [5.74, 6) is 1.91. The van der Waals surface area contributed by atoms with Crippen molar-refractivity contribution in [3.05, 3.63) is 0 Å². The number of hydrogen-bond acceptors (Lipinski definition) is 2. The van der Waals surface area contributed by atoms with Gasteiger partial charge in [-0.2, -0.15) is 0 Å². The molecule has 0 unspecified atom stereocenters. The first kappa shape index (κ1) is 9.47. The summed E-state index contributed by atoms with van der Waals surface area (Å²) in [5, 5.41) is 0. The number of hydrogen-bond donors (Lipinski definition) is 1. The van der Waals surface area contributed by atoms with Crippen LogP contribution in [0.5, 0.6) is 0 Å². The fourth-order valence-electron chi connectivity index (χ4n) is 2.80. The van der Waals surface area contributed by atoms with Crippen LogP contribution < -0.4 is 5.73 Å². The Hall–Kier alpha value is -0.0800. The zero-order chi connectivity index (χ0) is 9.10. The first-order valence-electron chi connectivity index (χ1n) is 5.69. The maximum Gasteiger partial charge on any atom is 0.0468 e. The van der Waals surface area contributed by atoms with E-state index in [0.29, 0.717) is 6.04 Å². The summed E-state index contributed by atoms with van der Waals surface area (Å²) in [6, 6.07) is 0.496. The van der Waals surface area contributed by atoms with Crippen molar-refractivity contribution in [1.29, 1.82) is 0 Å². The second-order valence-electron chi connectivity index (χ2n) is 4.62. The third-order valence-electron chi connectivity index (χ3n) is 3.75. The molecule has 0 aromatic heterocycles. The van der Waals surface area contributed by atoms with Crippen LogP contribution in [0.2, 0.25) is 0 Å². The van der Waals surface area contributed by atoms with E-state index in [4.69, 9.17) is 10.5 Å². The molecule has 0 spiro atoms. The Bertz CT molecular complexity index is 146. The molecule has 0 aromatic carbocycles. The summed E-state index contributed by atoms with van der Waals surface area (Å²) in [5.41, 5.74) is 5.90. The molecule has 0 radical (unpaired) electrons. The van der Waals surface area contributed by atoms with E-state index in [1.165, 1.54) is 38.5 Å². The van der Waals surface area contributed by atoms with E-state index in [0.717, 1.165) is 25.0 Å². The number of rotatable bonds is 1. The molecule has 13 heavy (non-hydrogen) atoms. The van der Waals surface area contributed by atoms with Gasteiger partial charge in [-0.15, -0.1) is 0 Å². The summed E-state index contributed by atoms with van der Waals surface area (Å²) < 4.78 is 5.39. The molecule has 1 aliphatic carbocycles. The lowest BCUT2D eigenvalue weighted by atomic mass is 9.75. The smallest absolute Gasteiger partial charge is 0.0468 e. The van der Waals surface area contributed by atoms with Gasteiger partial charge in [-0.1, -0.05) is 0 Å². The standard InChI is InChI=1S/C11H21NO/c12-11-3-1-9(2-4-11)10-5-7-13-8-6-10/h9-11H,1-8,12H2/t9-,11+. The Morgan fingerprint density at radius 2 is 1.31 bits per heavy atom. The summed E-state index contributed by atoms with van der Waals surface area (Å²) in [6.07, 6.45) is 7.82. The van der Waals surface area contributed by atoms with Crippen molar-refractivity contribution >= 4 is 0 Å². The molecule has 2 aliphatic rings. The third kappa shape index (κ3) is 2.44. The van der Waals surface area contributed by atoms with E-state index in [1.54, 1.807) is 0 Å². The quantitative estimate of drug-likeness (QED) is 0.674. The first-order valence-corrected chi connectivity index (χ1v) is 5.69. The predicted molar refractivity (Wildman–Crippen MR) is 53.5 cm³/mol. The van der Waals surface area contributed by atoms with Gasteiger partial charge in [-0.05, 0) is 50.4 Å². The van der Waals surface area contributed by atoms with Crippen LogP contribution in [0.25, 0.3) is 0 Å². The van der Waals surface area contributed by atoms with Crippen LogP contribution in [0.1, 0.15) is 38.5 Å². The average molecular weight is 183 g/mol. The normalized spacial score (nSPS) is 37.6. The molecule has 0 atom stereocenters. The maximum atomic E-state index is 5.90. The molecular formula is C11H21NO. The second kappa shape index (κ2) is 4.43. The van der Waals surface area contributed by atoms with Gasteiger partial charge in [0.25, 0.3) is 0 Å². The fraction of sp³-hybridized carbons (Fsp3) is 1.00. The van der Waals surface area contributed by atoms with E-state index in [9.17, 15) is 0 Å². The molecule has 0 aromatic rings. The molecule has 2 heteroatoms. The molecule has 76 valence electrons. The molecule has 2 N–H and O–H groups in total. The van der Waals surface area contributed by atoms with E-state index in [2.05, 4.69) is 0 Å². The van der Waals surface area contributed by atoms with Crippen molar-refractivity contribution in [2.75, 3.05) is 13.2 Å². The lowest BCUT2D eigenvalue weighted by molar-refractivity contribution is 0.0380. The molecule has 0 bridgehead atoms. The number of ether oxygens (including phenoxy) is 1. The van der Waals surface area contributed by atoms with Gasteiger partial charge in [0.05, 0.1) is 0 Å².